The molecule has 5 nitrogen and oxygen atoms in total. The number of aliphatic hydroxyl groups is 1. The standard InChI is InChI=1S/C16H30N4O/c1-7-9-17-13-11-14(20(6)10-8-12(2)21)19-15(18-13)16(3,4)5/h11-12,21H,7-10H2,1-6H3,(H,17,18,19). The summed E-state index contributed by atoms with van der Waals surface area (Å²) in [7, 11) is 2.00. The van der Waals surface area contributed by atoms with E-state index in [-0.39, 0.29) is 11.5 Å². The molecule has 120 valence electrons. The Morgan fingerprint density at radius 2 is 2.00 bits per heavy atom. The van der Waals surface area contributed by atoms with Crippen LogP contribution in [0.15, 0.2) is 6.07 Å². The monoisotopic (exact) mass is 294 g/mol. The molecule has 0 aliphatic heterocycles. The summed E-state index contributed by atoms with van der Waals surface area (Å²) in [6.07, 6.45) is 1.49. The molecule has 1 rings (SSSR count). The van der Waals surface area contributed by atoms with Crippen molar-refractivity contribution in [2.24, 2.45) is 0 Å². The van der Waals surface area contributed by atoms with Crippen molar-refractivity contribution in [1.29, 1.82) is 0 Å². The van der Waals surface area contributed by atoms with Crippen molar-refractivity contribution < 1.29 is 5.11 Å². The van der Waals surface area contributed by atoms with E-state index in [0.29, 0.717) is 0 Å². The molecule has 0 aliphatic rings. The predicted octanol–water partition coefficient (Wildman–Crippen LogP) is 2.80. The Balaban J connectivity index is 3.00. The summed E-state index contributed by atoms with van der Waals surface area (Å²) in [4.78, 5) is 11.4. The van der Waals surface area contributed by atoms with Gasteiger partial charge in [-0.3, -0.25) is 0 Å². The lowest BCUT2D eigenvalue weighted by atomic mass is 9.96. The van der Waals surface area contributed by atoms with Crippen molar-refractivity contribution >= 4 is 11.6 Å². The molecule has 0 saturated carbocycles. The number of aliphatic hydroxyl groups excluding tert-OH is 1. The molecule has 0 aliphatic carbocycles. The lowest BCUT2D eigenvalue weighted by Gasteiger charge is -2.24. The summed E-state index contributed by atoms with van der Waals surface area (Å²) < 4.78 is 0. The molecule has 5 heteroatoms. The Morgan fingerprint density at radius 1 is 1.33 bits per heavy atom. The highest BCUT2D eigenvalue weighted by Crippen LogP contribution is 2.23. The third kappa shape index (κ3) is 5.87. The Bertz CT molecular complexity index is 440. The maximum absolute atomic E-state index is 9.43. The van der Waals surface area contributed by atoms with Crippen LogP contribution >= 0.6 is 0 Å². The summed E-state index contributed by atoms with van der Waals surface area (Å²) >= 11 is 0. The van der Waals surface area contributed by atoms with Gasteiger partial charge in [0.1, 0.15) is 17.5 Å². The van der Waals surface area contributed by atoms with E-state index in [9.17, 15) is 5.11 Å². The van der Waals surface area contributed by atoms with Crippen LogP contribution in [0.3, 0.4) is 0 Å². The van der Waals surface area contributed by atoms with Gasteiger partial charge in [-0.15, -0.1) is 0 Å². The van der Waals surface area contributed by atoms with Crippen LogP contribution in [0.25, 0.3) is 0 Å². The first-order valence-electron chi connectivity index (χ1n) is 7.76. The van der Waals surface area contributed by atoms with Crippen molar-refractivity contribution in [2.75, 3.05) is 30.4 Å². The minimum atomic E-state index is -0.297. The van der Waals surface area contributed by atoms with Gasteiger partial charge in [-0.25, -0.2) is 9.97 Å². The van der Waals surface area contributed by atoms with E-state index in [1.54, 1.807) is 0 Å². The summed E-state index contributed by atoms with van der Waals surface area (Å²) in [6.45, 7) is 12.0. The van der Waals surface area contributed by atoms with E-state index in [1.807, 2.05) is 20.0 Å². The third-order valence-corrected chi connectivity index (χ3v) is 3.21. The van der Waals surface area contributed by atoms with Gasteiger partial charge in [0.05, 0.1) is 6.10 Å². The highest BCUT2D eigenvalue weighted by atomic mass is 16.3. The lowest BCUT2D eigenvalue weighted by molar-refractivity contribution is 0.187. The fourth-order valence-corrected chi connectivity index (χ4v) is 1.80. The van der Waals surface area contributed by atoms with E-state index in [0.717, 1.165) is 43.4 Å². The fourth-order valence-electron chi connectivity index (χ4n) is 1.80. The van der Waals surface area contributed by atoms with Crippen LogP contribution in [0.1, 0.15) is 53.3 Å². The largest absolute Gasteiger partial charge is 0.393 e. The minimum absolute atomic E-state index is 0.0935. The second kappa shape index (κ2) is 7.59. The predicted molar refractivity (Wildman–Crippen MR) is 89.1 cm³/mol. The highest BCUT2D eigenvalue weighted by Gasteiger charge is 2.20. The average Bonchev–Trinajstić information content (AvgIpc) is 2.41. The van der Waals surface area contributed by atoms with Crippen LogP contribution in [-0.4, -0.2) is 41.3 Å². The molecular formula is C16H30N4O. The zero-order valence-corrected chi connectivity index (χ0v) is 14.3. The molecule has 1 atom stereocenters. The highest BCUT2D eigenvalue weighted by molar-refractivity contribution is 5.49. The maximum atomic E-state index is 9.43. The summed E-state index contributed by atoms with van der Waals surface area (Å²) in [5, 5.41) is 12.8. The third-order valence-electron chi connectivity index (χ3n) is 3.21. The molecule has 21 heavy (non-hydrogen) atoms. The number of nitrogens with zero attached hydrogens (tertiary/aromatic N) is 3. The second-order valence-electron chi connectivity index (χ2n) is 6.67. The molecule has 0 fully saturated rings. The first kappa shape index (κ1) is 17.7. The van der Waals surface area contributed by atoms with Crippen LogP contribution in [0.5, 0.6) is 0 Å². The van der Waals surface area contributed by atoms with Gasteiger partial charge >= 0.3 is 0 Å². The van der Waals surface area contributed by atoms with Gasteiger partial charge in [0.25, 0.3) is 0 Å². The van der Waals surface area contributed by atoms with Gasteiger partial charge < -0.3 is 15.3 Å². The van der Waals surface area contributed by atoms with Gasteiger partial charge in [-0.1, -0.05) is 27.7 Å². The van der Waals surface area contributed by atoms with Crippen molar-refractivity contribution in [3.8, 4) is 0 Å². The molecule has 1 unspecified atom stereocenters. The molecule has 1 aromatic rings. The molecule has 1 heterocycles. The summed E-state index contributed by atoms with van der Waals surface area (Å²) in [5.74, 6) is 2.60. The van der Waals surface area contributed by atoms with E-state index in [4.69, 9.17) is 0 Å². The van der Waals surface area contributed by atoms with Crippen LogP contribution in [0.2, 0.25) is 0 Å². The van der Waals surface area contributed by atoms with E-state index in [1.165, 1.54) is 0 Å². The fraction of sp³-hybridized carbons (Fsp3) is 0.750. The molecule has 0 aromatic carbocycles. The zero-order chi connectivity index (χ0) is 16.0. The molecule has 2 N–H and O–H groups in total. The van der Waals surface area contributed by atoms with Crippen LogP contribution in [0, 0.1) is 0 Å². The number of rotatable bonds is 7. The van der Waals surface area contributed by atoms with Gasteiger partial charge in [-0.05, 0) is 19.8 Å². The molecule has 0 bridgehead atoms. The number of hydrogen-bond donors (Lipinski definition) is 2. The van der Waals surface area contributed by atoms with Crippen LogP contribution in [0.4, 0.5) is 11.6 Å². The molecule has 0 saturated heterocycles. The molecule has 0 radical (unpaired) electrons. The molecule has 0 spiro atoms. The Labute approximate surface area is 128 Å². The van der Waals surface area contributed by atoms with E-state index >= 15 is 0 Å². The van der Waals surface area contributed by atoms with Crippen molar-refractivity contribution in [2.45, 2.75) is 59.0 Å². The van der Waals surface area contributed by atoms with E-state index in [2.05, 4.69) is 47.9 Å². The Hall–Kier alpha value is -1.36. The number of anilines is 2. The van der Waals surface area contributed by atoms with Crippen molar-refractivity contribution in [3.05, 3.63) is 11.9 Å². The Kier molecular flexibility index (Phi) is 6.40. The second-order valence-corrected chi connectivity index (χ2v) is 6.67. The van der Waals surface area contributed by atoms with Gasteiger partial charge in [0.2, 0.25) is 0 Å². The Morgan fingerprint density at radius 3 is 2.52 bits per heavy atom. The van der Waals surface area contributed by atoms with Gasteiger partial charge in [-0.2, -0.15) is 0 Å². The molecule has 0 amide bonds. The lowest BCUT2D eigenvalue weighted by Crippen LogP contribution is -2.25. The SMILES string of the molecule is CCCNc1cc(N(C)CCC(C)O)nc(C(C)(C)C)n1. The van der Waals surface area contributed by atoms with Gasteiger partial charge in [0, 0.05) is 31.6 Å². The summed E-state index contributed by atoms with van der Waals surface area (Å²) in [5.41, 5.74) is -0.0935. The first-order valence-corrected chi connectivity index (χ1v) is 7.76. The number of aromatic nitrogens is 2. The topological polar surface area (TPSA) is 61.3 Å². The van der Waals surface area contributed by atoms with Crippen molar-refractivity contribution in [3.63, 3.8) is 0 Å². The normalized spacial score (nSPS) is 13.1. The summed E-state index contributed by atoms with van der Waals surface area (Å²) in [6, 6.07) is 1.98. The first-order chi connectivity index (χ1) is 9.74. The van der Waals surface area contributed by atoms with Crippen molar-refractivity contribution in [1.82, 2.24) is 9.97 Å². The maximum Gasteiger partial charge on any atom is 0.138 e. The quantitative estimate of drug-likeness (QED) is 0.809. The molecule has 1 aromatic heterocycles. The van der Waals surface area contributed by atoms with E-state index < -0.39 is 0 Å². The number of nitrogens with one attached hydrogen (secondary N) is 1. The van der Waals surface area contributed by atoms with Gasteiger partial charge in [0.15, 0.2) is 0 Å². The molecular weight excluding hydrogens is 264 g/mol. The van der Waals surface area contributed by atoms with Crippen LogP contribution < -0.4 is 10.2 Å². The average molecular weight is 294 g/mol. The number of hydrogen-bond acceptors (Lipinski definition) is 5. The zero-order valence-electron chi connectivity index (χ0n) is 14.3. The minimum Gasteiger partial charge on any atom is -0.393 e. The van der Waals surface area contributed by atoms with Crippen LogP contribution in [-0.2, 0) is 5.41 Å². The smallest absolute Gasteiger partial charge is 0.138 e.